The van der Waals surface area contributed by atoms with Crippen LogP contribution < -0.4 is 11.1 Å². The van der Waals surface area contributed by atoms with Gasteiger partial charge in [0.05, 0.1) is 13.2 Å². The number of nitrogens with one attached hydrogen (secondary N) is 1. The van der Waals surface area contributed by atoms with Crippen LogP contribution in [-0.2, 0) is 4.74 Å². The summed E-state index contributed by atoms with van der Waals surface area (Å²) in [5.41, 5.74) is 5.96. The molecule has 3 N–H and O–H groups in total. The van der Waals surface area contributed by atoms with Crippen LogP contribution in [0.15, 0.2) is 24.3 Å². The van der Waals surface area contributed by atoms with Crippen molar-refractivity contribution >= 4 is 12.6 Å². The predicted molar refractivity (Wildman–Crippen MR) is 99.9 cm³/mol. The first-order valence-corrected chi connectivity index (χ1v) is 9.68. The molecule has 0 amide bonds. The first kappa shape index (κ1) is 20.6. The molecule has 4 unspecified atom stereocenters. The number of hydrogen-bond donors (Lipinski definition) is 3. The second-order valence-corrected chi connectivity index (χ2v) is 6.64. The highest BCUT2D eigenvalue weighted by Gasteiger charge is 2.41. The molecule has 0 aliphatic carbocycles. The molecule has 0 radical (unpaired) electrons. The third-order valence-corrected chi connectivity index (χ3v) is 4.98. The van der Waals surface area contributed by atoms with Crippen molar-refractivity contribution in [2.45, 2.75) is 31.0 Å². The van der Waals surface area contributed by atoms with Crippen molar-refractivity contribution in [2.75, 3.05) is 39.1 Å². The molecule has 25 heavy (non-hydrogen) atoms. The molecule has 0 bridgehead atoms. The van der Waals surface area contributed by atoms with Gasteiger partial charge >= 0.3 is 0 Å². The summed E-state index contributed by atoms with van der Waals surface area (Å²) in [6.07, 6.45) is 4.16. The summed E-state index contributed by atoms with van der Waals surface area (Å²) < 4.78 is 29.4. The SMILES string of the molecule is CS.Fc1ccc(F)cc1.NC1COCC(N2CCC3CNCC32)C1. The minimum Gasteiger partial charge on any atom is -0.378 e. The number of hydrogen-bond acceptors (Lipinski definition) is 5. The number of rotatable bonds is 1. The zero-order valence-electron chi connectivity index (χ0n) is 14.7. The third kappa shape index (κ3) is 5.89. The Balaban J connectivity index is 0.000000192. The molecule has 4 nitrogen and oxygen atoms in total. The Morgan fingerprint density at radius 1 is 1.12 bits per heavy atom. The fourth-order valence-electron chi connectivity index (χ4n) is 3.84. The van der Waals surface area contributed by atoms with Crippen molar-refractivity contribution in [3.8, 4) is 0 Å². The van der Waals surface area contributed by atoms with Gasteiger partial charge in [0.25, 0.3) is 0 Å². The lowest BCUT2D eigenvalue weighted by atomic mass is 10.0. The summed E-state index contributed by atoms with van der Waals surface area (Å²) in [4.78, 5) is 2.64. The molecule has 4 rings (SSSR count). The van der Waals surface area contributed by atoms with Crippen LogP contribution in [0.4, 0.5) is 8.78 Å². The maximum absolute atomic E-state index is 11.9. The lowest BCUT2D eigenvalue weighted by molar-refractivity contribution is 0.00284. The smallest absolute Gasteiger partial charge is 0.123 e. The fraction of sp³-hybridized carbons (Fsp3) is 0.667. The highest BCUT2D eigenvalue weighted by atomic mass is 32.1. The maximum atomic E-state index is 11.9. The van der Waals surface area contributed by atoms with Crippen LogP contribution in [-0.4, -0.2) is 62.1 Å². The number of nitrogens with zero attached hydrogens (tertiary/aromatic N) is 1. The highest BCUT2D eigenvalue weighted by Crippen LogP contribution is 2.30. The minimum absolute atomic E-state index is 0.247. The highest BCUT2D eigenvalue weighted by molar-refractivity contribution is 7.79. The molecule has 0 saturated carbocycles. The summed E-state index contributed by atoms with van der Waals surface area (Å²) in [6.45, 7) is 5.25. The minimum atomic E-state index is -0.411. The Labute approximate surface area is 154 Å². The van der Waals surface area contributed by atoms with E-state index in [1.54, 1.807) is 6.26 Å². The average Bonchev–Trinajstić information content (AvgIpc) is 3.23. The van der Waals surface area contributed by atoms with Gasteiger partial charge in [-0.15, -0.1) is 0 Å². The molecule has 3 fully saturated rings. The Kier molecular flexibility index (Phi) is 8.58. The lowest BCUT2D eigenvalue weighted by Crippen LogP contribution is -2.50. The molecule has 3 aliphatic rings. The average molecular weight is 374 g/mol. The van der Waals surface area contributed by atoms with Gasteiger partial charge in [-0.1, -0.05) is 0 Å². The molecule has 4 atom stereocenters. The zero-order valence-corrected chi connectivity index (χ0v) is 15.6. The Bertz CT molecular complexity index is 485. The van der Waals surface area contributed by atoms with E-state index in [0.29, 0.717) is 6.04 Å². The van der Waals surface area contributed by atoms with Crippen molar-refractivity contribution in [2.24, 2.45) is 11.7 Å². The van der Waals surface area contributed by atoms with E-state index in [1.165, 1.54) is 19.5 Å². The number of ether oxygens (including phenoxy) is 1. The largest absolute Gasteiger partial charge is 0.378 e. The number of likely N-dealkylation sites (tertiary alicyclic amines) is 1. The monoisotopic (exact) mass is 373 g/mol. The number of thiol groups is 1. The summed E-state index contributed by atoms with van der Waals surface area (Å²) in [5, 5.41) is 3.49. The van der Waals surface area contributed by atoms with Crippen molar-refractivity contribution < 1.29 is 13.5 Å². The number of fused-ring (bicyclic) bond motifs is 1. The summed E-state index contributed by atoms with van der Waals surface area (Å²) in [6, 6.07) is 5.89. The molecule has 0 spiro atoms. The van der Waals surface area contributed by atoms with Gasteiger partial charge in [-0.05, 0) is 62.4 Å². The van der Waals surface area contributed by atoms with Gasteiger partial charge in [0.15, 0.2) is 0 Å². The summed E-state index contributed by atoms with van der Waals surface area (Å²) in [7, 11) is 0. The second-order valence-electron chi connectivity index (χ2n) is 6.64. The summed E-state index contributed by atoms with van der Waals surface area (Å²) >= 11 is 3.53. The van der Waals surface area contributed by atoms with E-state index in [9.17, 15) is 8.78 Å². The van der Waals surface area contributed by atoms with Crippen LogP contribution in [0.5, 0.6) is 0 Å². The van der Waals surface area contributed by atoms with E-state index >= 15 is 0 Å². The molecular weight excluding hydrogens is 344 g/mol. The molecule has 3 aliphatic heterocycles. The van der Waals surface area contributed by atoms with Crippen LogP contribution in [0, 0.1) is 17.6 Å². The maximum Gasteiger partial charge on any atom is 0.123 e. The Morgan fingerprint density at radius 2 is 1.76 bits per heavy atom. The van der Waals surface area contributed by atoms with E-state index in [4.69, 9.17) is 10.5 Å². The van der Waals surface area contributed by atoms with Crippen molar-refractivity contribution in [1.29, 1.82) is 0 Å². The van der Waals surface area contributed by atoms with E-state index in [2.05, 4.69) is 22.8 Å². The lowest BCUT2D eigenvalue weighted by Gasteiger charge is -2.37. The number of halogens is 2. The van der Waals surface area contributed by atoms with E-state index < -0.39 is 11.6 Å². The van der Waals surface area contributed by atoms with Crippen molar-refractivity contribution in [3.05, 3.63) is 35.9 Å². The first-order chi connectivity index (χ1) is 12.1. The molecule has 142 valence electrons. The number of benzene rings is 1. The van der Waals surface area contributed by atoms with Gasteiger partial charge in [0.2, 0.25) is 0 Å². The van der Waals surface area contributed by atoms with Crippen molar-refractivity contribution in [3.63, 3.8) is 0 Å². The molecule has 3 saturated heterocycles. The van der Waals surface area contributed by atoms with Gasteiger partial charge < -0.3 is 15.8 Å². The van der Waals surface area contributed by atoms with E-state index in [1.807, 2.05) is 0 Å². The fourth-order valence-corrected chi connectivity index (χ4v) is 3.84. The molecular formula is C18H29F2N3OS. The van der Waals surface area contributed by atoms with Crippen LogP contribution in [0.1, 0.15) is 12.8 Å². The van der Waals surface area contributed by atoms with Crippen LogP contribution in [0.3, 0.4) is 0 Å². The molecule has 3 heterocycles. The Morgan fingerprint density at radius 3 is 2.36 bits per heavy atom. The van der Waals surface area contributed by atoms with Gasteiger partial charge in [0, 0.05) is 24.7 Å². The summed E-state index contributed by atoms with van der Waals surface area (Å²) in [5.74, 6) is 0.0564. The van der Waals surface area contributed by atoms with E-state index in [-0.39, 0.29) is 6.04 Å². The van der Waals surface area contributed by atoms with Gasteiger partial charge in [0.1, 0.15) is 11.6 Å². The molecule has 7 heteroatoms. The topological polar surface area (TPSA) is 50.5 Å². The van der Waals surface area contributed by atoms with Crippen LogP contribution >= 0.6 is 12.6 Å². The van der Waals surface area contributed by atoms with Gasteiger partial charge in [-0.3, -0.25) is 4.90 Å². The Hall–Kier alpha value is -0.730. The normalized spacial score (nSPS) is 31.4. The molecule has 1 aromatic rings. The predicted octanol–water partition coefficient (Wildman–Crippen LogP) is 1.91. The van der Waals surface area contributed by atoms with Gasteiger partial charge in [-0.2, -0.15) is 12.6 Å². The van der Waals surface area contributed by atoms with Crippen LogP contribution in [0.2, 0.25) is 0 Å². The zero-order chi connectivity index (χ0) is 18.2. The number of nitrogens with two attached hydrogens (primary N) is 1. The molecule has 0 aromatic heterocycles. The third-order valence-electron chi connectivity index (χ3n) is 4.98. The van der Waals surface area contributed by atoms with Gasteiger partial charge in [-0.25, -0.2) is 8.78 Å². The molecule has 1 aromatic carbocycles. The van der Waals surface area contributed by atoms with Crippen molar-refractivity contribution in [1.82, 2.24) is 10.2 Å². The standard InChI is InChI=1S/C11H21N3O.C6H4F2.CH4S/c12-9-3-10(7-15-6-9)14-2-1-8-4-13-5-11(8)14;7-5-1-2-6(8)4-3-5;1-2/h8-11,13H,1-7,12H2;1-4H;2H,1H3. The quantitative estimate of drug-likeness (QED) is 0.658. The van der Waals surface area contributed by atoms with Crippen LogP contribution in [0.25, 0.3) is 0 Å². The van der Waals surface area contributed by atoms with E-state index in [0.717, 1.165) is 62.4 Å². The second kappa shape index (κ2) is 10.4. The first-order valence-electron chi connectivity index (χ1n) is 8.79.